The Kier molecular flexibility index (Phi) is 7.05. The first-order valence-electron chi connectivity index (χ1n) is 14.9. The topological polar surface area (TPSA) is 210 Å². The lowest BCUT2D eigenvalue weighted by Crippen LogP contribution is -2.43. The number of hydrogen-bond donors (Lipinski definition) is 5. The summed E-state index contributed by atoms with van der Waals surface area (Å²) in [6, 6.07) is 10.9. The zero-order valence-corrected chi connectivity index (χ0v) is 25.4. The van der Waals surface area contributed by atoms with Crippen LogP contribution in [0.1, 0.15) is 45.0 Å². The minimum absolute atomic E-state index is 0.000195. The summed E-state index contributed by atoms with van der Waals surface area (Å²) in [5.74, 6) is -12.1. The molecular weight excluding hydrogens is 648 g/mol. The summed E-state index contributed by atoms with van der Waals surface area (Å²) in [4.78, 5) is 80.8. The first kappa shape index (κ1) is 30.9. The molecule has 2 aliphatic carbocycles. The standard InChI is InChI=1S/C34H25ClN2O11/c35-23-11-15(38)3-6-17(23)26-16-7-8-20-27(31(43)36(29(20)41)13-1-4-18(33(45)46)24(39)9-13)21(16)12-22-28(26)32(44)37(30(22)42)14-2-5-19(34(47)48)25(40)10-14/h1-7,9-11,20-22,26-28,38-40H,8,12H2,(H,45,46)(H,47,48). The molecule has 0 bridgehead atoms. The Labute approximate surface area is 275 Å². The molecule has 5 N–H and O–H groups in total. The molecule has 14 heteroatoms. The number of carbonyl (C=O) groups excluding carboxylic acids is 4. The molecule has 3 aromatic rings. The highest BCUT2D eigenvalue weighted by atomic mass is 35.5. The number of aromatic carboxylic acids is 2. The van der Waals surface area contributed by atoms with Crippen LogP contribution in [0, 0.1) is 29.6 Å². The van der Waals surface area contributed by atoms with Crippen molar-refractivity contribution in [3.05, 3.63) is 88.0 Å². The molecule has 4 amide bonds. The van der Waals surface area contributed by atoms with E-state index in [0.717, 1.165) is 34.1 Å². The number of benzene rings is 3. The van der Waals surface area contributed by atoms with E-state index in [2.05, 4.69) is 0 Å². The lowest BCUT2D eigenvalue weighted by atomic mass is 9.57. The molecule has 2 heterocycles. The summed E-state index contributed by atoms with van der Waals surface area (Å²) in [5.41, 5.74) is 0.128. The number of rotatable bonds is 5. The fourth-order valence-electron chi connectivity index (χ4n) is 7.89. The normalized spacial score (nSPS) is 26.2. The average Bonchev–Trinajstić information content (AvgIpc) is 3.43. The van der Waals surface area contributed by atoms with Crippen molar-refractivity contribution in [1.29, 1.82) is 0 Å². The minimum Gasteiger partial charge on any atom is -0.508 e. The fraction of sp³-hybridized carbons (Fsp3) is 0.235. The van der Waals surface area contributed by atoms with E-state index in [1.165, 1.54) is 30.3 Å². The van der Waals surface area contributed by atoms with E-state index in [1.807, 2.05) is 0 Å². The highest BCUT2D eigenvalue weighted by Gasteiger charge is 2.62. The van der Waals surface area contributed by atoms with E-state index >= 15 is 0 Å². The maximum atomic E-state index is 14.2. The van der Waals surface area contributed by atoms with Crippen LogP contribution < -0.4 is 9.80 Å². The van der Waals surface area contributed by atoms with Gasteiger partial charge >= 0.3 is 11.9 Å². The molecule has 244 valence electrons. The smallest absolute Gasteiger partial charge is 0.339 e. The van der Waals surface area contributed by atoms with E-state index in [9.17, 15) is 54.3 Å². The summed E-state index contributed by atoms with van der Waals surface area (Å²) in [5, 5.41) is 49.5. The van der Waals surface area contributed by atoms with Crippen LogP contribution in [-0.2, 0) is 19.2 Å². The van der Waals surface area contributed by atoms with Gasteiger partial charge in [0.2, 0.25) is 23.6 Å². The highest BCUT2D eigenvalue weighted by molar-refractivity contribution is 6.32. The molecule has 0 spiro atoms. The van der Waals surface area contributed by atoms with Gasteiger partial charge in [-0.05, 0) is 60.7 Å². The number of allylic oxidation sites excluding steroid dienone is 2. The summed E-state index contributed by atoms with van der Waals surface area (Å²) in [6.07, 6.45) is 1.89. The molecule has 48 heavy (non-hydrogen) atoms. The van der Waals surface area contributed by atoms with Gasteiger partial charge in [-0.3, -0.25) is 19.2 Å². The van der Waals surface area contributed by atoms with Crippen LogP contribution in [0.3, 0.4) is 0 Å². The Bertz CT molecular complexity index is 2040. The van der Waals surface area contributed by atoms with Gasteiger partial charge < -0.3 is 25.5 Å². The number of imide groups is 2. The number of fused-ring (bicyclic) bond motifs is 4. The Morgan fingerprint density at radius 2 is 1.21 bits per heavy atom. The molecule has 3 aromatic carbocycles. The Morgan fingerprint density at radius 3 is 1.73 bits per heavy atom. The van der Waals surface area contributed by atoms with Gasteiger partial charge in [-0.25, -0.2) is 19.4 Å². The van der Waals surface area contributed by atoms with Gasteiger partial charge in [0.1, 0.15) is 28.4 Å². The van der Waals surface area contributed by atoms with Crippen molar-refractivity contribution < 1.29 is 54.3 Å². The van der Waals surface area contributed by atoms with Gasteiger partial charge in [0.05, 0.1) is 35.0 Å². The van der Waals surface area contributed by atoms with E-state index in [4.69, 9.17) is 11.6 Å². The first-order valence-corrected chi connectivity index (χ1v) is 15.2. The van der Waals surface area contributed by atoms with Crippen LogP contribution in [0.15, 0.2) is 66.2 Å². The zero-order chi connectivity index (χ0) is 34.3. The molecule has 4 aliphatic rings. The molecule has 6 atom stereocenters. The number of carboxylic acid groups (broad SMARTS) is 2. The van der Waals surface area contributed by atoms with Crippen LogP contribution >= 0.6 is 11.6 Å². The van der Waals surface area contributed by atoms with Crippen molar-refractivity contribution in [2.45, 2.75) is 18.8 Å². The van der Waals surface area contributed by atoms with Crippen molar-refractivity contribution in [3.8, 4) is 17.2 Å². The molecule has 6 unspecified atom stereocenters. The van der Waals surface area contributed by atoms with E-state index in [-0.39, 0.29) is 35.0 Å². The molecule has 2 saturated heterocycles. The number of carbonyl (C=O) groups is 6. The van der Waals surface area contributed by atoms with Crippen molar-refractivity contribution in [1.82, 2.24) is 0 Å². The van der Waals surface area contributed by atoms with Gasteiger partial charge in [-0.15, -0.1) is 0 Å². The van der Waals surface area contributed by atoms with Gasteiger partial charge in [-0.2, -0.15) is 0 Å². The van der Waals surface area contributed by atoms with Crippen molar-refractivity contribution >= 4 is 58.5 Å². The molecule has 0 aromatic heterocycles. The van der Waals surface area contributed by atoms with Crippen LogP contribution in [0.25, 0.3) is 0 Å². The maximum absolute atomic E-state index is 14.2. The second-order valence-corrected chi connectivity index (χ2v) is 12.7. The molecule has 3 fully saturated rings. The van der Waals surface area contributed by atoms with E-state index in [1.54, 1.807) is 6.08 Å². The third-order valence-corrected chi connectivity index (χ3v) is 10.2. The second kappa shape index (κ2) is 10.9. The van der Waals surface area contributed by atoms with E-state index in [0.29, 0.717) is 11.1 Å². The quantitative estimate of drug-likeness (QED) is 0.194. The SMILES string of the molecule is O=C(O)c1ccc(N2C(=O)C3CC=C4C(CC5C(=O)N(c6ccc(C(=O)O)c(O)c6)C(=O)C5C4c4ccc(O)cc4Cl)C3C2=O)cc1O. The van der Waals surface area contributed by atoms with Gasteiger partial charge in [0.25, 0.3) is 0 Å². The Hall–Kier alpha value is -5.69. The number of amides is 4. The number of phenols is 3. The number of carboxylic acids is 2. The highest BCUT2D eigenvalue weighted by Crippen LogP contribution is 2.59. The minimum atomic E-state index is -1.41. The third-order valence-electron chi connectivity index (χ3n) is 9.91. The summed E-state index contributed by atoms with van der Waals surface area (Å²) < 4.78 is 0. The summed E-state index contributed by atoms with van der Waals surface area (Å²) >= 11 is 6.63. The molecule has 1 saturated carbocycles. The van der Waals surface area contributed by atoms with Crippen molar-refractivity contribution in [2.24, 2.45) is 29.6 Å². The number of halogens is 1. The number of nitrogens with zero attached hydrogens (tertiary/aromatic N) is 2. The monoisotopic (exact) mass is 672 g/mol. The molecular formula is C34H25ClN2O11. The van der Waals surface area contributed by atoms with Crippen LogP contribution in [-0.4, -0.2) is 61.1 Å². The first-order chi connectivity index (χ1) is 22.8. The summed E-state index contributed by atoms with van der Waals surface area (Å²) in [7, 11) is 0. The predicted octanol–water partition coefficient (Wildman–Crippen LogP) is 3.90. The van der Waals surface area contributed by atoms with Crippen molar-refractivity contribution in [2.75, 3.05) is 9.80 Å². The lowest BCUT2D eigenvalue weighted by molar-refractivity contribution is -0.126. The largest absolute Gasteiger partial charge is 0.508 e. The Morgan fingerprint density at radius 1 is 0.667 bits per heavy atom. The fourth-order valence-corrected chi connectivity index (χ4v) is 8.19. The molecule has 13 nitrogen and oxygen atoms in total. The van der Waals surface area contributed by atoms with Gasteiger partial charge in [0.15, 0.2) is 0 Å². The number of aromatic hydroxyl groups is 3. The van der Waals surface area contributed by atoms with Crippen LogP contribution in [0.5, 0.6) is 17.2 Å². The Balaban J connectivity index is 1.32. The van der Waals surface area contributed by atoms with Crippen LogP contribution in [0.4, 0.5) is 11.4 Å². The second-order valence-electron chi connectivity index (χ2n) is 12.3. The summed E-state index contributed by atoms with van der Waals surface area (Å²) in [6.45, 7) is 0. The number of hydrogen-bond acceptors (Lipinski definition) is 9. The third kappa shape index (κ3) is 4.45. The van der Waals surface area contributed by atoms with Crippen molar-refractivity contribution in [3.63, 3.8) is 0 Å². The van der Waals surface area contributed by atoms with E-state index < -0.39 is 93.7 Å². The zero-order valence-electron chi connectivity index (χ0n) is 24.6. The van der Waals surface area contributed by atoms with Gasteiger partial charge in [0, 0.05) is 23.1 Å². The molecule has 0 radical (unpaired) electrons. The molecule has 2 aliphatic heterocycles. The molecule has 7 rings (SSSR count). The maximum Gasteiger partial charge on any atom is 0.339 e. The number of anilines is 2. The predicted molar refractivity (Wildman–Crippen MR) is 166 cm³/mol. The van der Waals surface area contributed by atoms with Gasteiger partial charge in [-0.1, -0.05) is 29.3 Å². The average molecular weight is 673 g/mol. The number of phenolic OH excluding ortho intramolecular Hbond substituents is 1. The van der Waals surface area contributed by atoms with Crippen LogP contribution in [0.2, 0.25) is 5.02 Å². The lowest BCUT2D eigenvalue weighted by Gasteiger charge is -2.44.